The third kappa shape index (κ3) is 8.75. The van der Waals surface area contributed by atoms with Crippen LogP contribution in [0.3, 0.4) is 0 Å². The van der Waals surface area contributed by atoms with Crippen molar-refractivity contribution in [1.82, 2.24) is 0 Å². The Morgan fingerprint density at radius 3 is 2.08 bits per heavy atom. The van der Waals surface area contributed by atoms with Gasteiger partial charge in [0.2, 0.25) is 0 Å². The van der Waals surface area contributed by atoms with E-state index in [1.807, 2.05) is 0 Å². The SMILES string of the molecule is CCCCOc1ccc(CCCCCCCS(=O)(=O)C(C)(C)C)cc1. The molecule has 1 aromatic carbocycles. The lowest BCUT2D eigenvalue weighted by atomic mass is 10.1. The fraction of sp³-hybridized carbons (Fsp3) is 0.714. The van der Waals surface area contributed by atoms with Gasteiger partial charge in [0.15, 0.2) is 9.84 Å². The van der Waals surface area contributed by atoms with Crippen LogP contribution in [-0.4, -0.2) is 25.5 Å². The number of hydrogen-bond donors (Lipinski definition) is 0. The lowest BCUT2D eigenvalue weighted by molar-refractivity contribution is 0.309. The molecule has 4 heteroatoms. The molecule has 0 bridgehead atoms. The van der Waals surface area contributed by atoms with Gasteiger partial charge in [0.25, 0.3) is 0 Å². The molecule has 3 nitrogen and oxygen atoms in total. The van der Waals surface area contributed by atoms with E-state index in [1.54, 1.807) is 20.8 Å². The van der Waals surface area contributed by atoms with Gasteiger partial charge in [0.1, 0.15) is 5.75 Å². The lowest BCUT2D eigenvalue weighted by Gasteiger charge is -2.18. The highest BCUT2D eigenvalue weighted by molar-refractivity contribution is 7.92. The second-order valence-electron chi connectivity index (χ2n) is 7.79. The third-order valence-electron chi connectivity index (χ3n) is 4.50. The Bertz CT molecular complexity index is 568. The molecule has 0 saturated heterocycles. The number of ether oxygens (including phenoxy) is 1. The van der Waals surface area contributed by atoms with E-state index < -0.39 is 14.6 Å². The molecule has 0 aromatic heterocycles. The number of rotatable bonds is 12. The molecule has 0 spiro atoms. The van der Waals surface area contributed by atoms with Crippen LogP contribution in [0.15, 0.2) is 24.3 Å². The predicted octanol–water partition coefficient (Wildman–Crippen LogP) is 5.57. The maximum atomic E-state index is 12.0. The highest BCUT2D eigenvalue weighted by atomic mass is 32.2. The maximum absolute atomic E-state index is 12.0. The summed E-state index contributed by atoms with van der Waals surface area (Å²) < 4.78 is 29.1. The van der Waals surface area contributed by atoms with Crippen molar-refractivity contribution in [3.63, 3.8) is 0 Å². The smallest absolute Gasteiger partial charge is 0.155 e. The first kappa shape index (κ1) is 22.0. The van der Waals surface area contributed by atoms with Crippen LogP contribution in [0.25, 0.3) is 0 Å². The molecule has 0 aliphatic rings. The molecule has 0 radical (unpaired) electrons. The summed E-state index contributed by atoms with van der Waals surface area (Å²) in [5.74, 6) is 1.27. The molecule has 0 aliphatic carbocycles. The Balaban J connectivity index is 2.14. The molecule has 0 heterocycles. The van der Waals surface area contributed by atoms with Crippen molar-refractivity contribution in [3.05, 3.63) is 29.8 Å². The summed E-state index contributed by atoms with van der Waals surface area (Å²) in [6.07, 6.45) is 8.53. The molecule has 0 unspecified atom stereocenters. The van der Waals surface area contributed by atoms with Crippen LogP contribution in [0.4, 0.5) is 0 Å². The zero-order valence-corrected chi connectivity index (χ0v) is 17.3. The van der Waals surface area contributed by atoms with Gasteiger partial charge in [-0.2, -0.15) is 0 Å². The number of unbranched alkanes of at least 4 members (excludes halogenated alkanes) is 5. The summed E-state index contributed by atoms with van der Waals surface area (Å²) in [6, 6.07) is 8.42. The summed E-state index contributed by atoms with van der Waals surface area (Å²) in [6.45, 7) is 8.30. The fourth-order valence-electron chi connectivity index (χ4n) is 2.54. The zero-order valence-electron chi connectivity index (χ0n) is 16.5. The lowest BCUT2D eigenvalue weighted by Crippen LogP contribution is -2.30. The first-order valence-corrected chi connectivity index (χ1v) is 11.4. The fourth-order valence-corrected chi connectivity index (χ4v) is 3.74. The molecule has 0 aliphatic heterocycles. The second kappa shape index (κ2) is 10.8. The topological polar surface area (TPSA) is 43.4 Å². The molecular formula is C21H36O3S. The van der Waals surface area contributed by atoms with Gasteiger partial charge in [0, 0.05) is 0 Å². The molecular weight excluding hydrogens is 332 g/mol. The maximum Gasteiger partial charge on any atom is 0.155 e. The normalized spacial score (nSPS) is 12.3. The molecule has 0 fully saturated rings. The van der Waals surface area contributed by atoms with Crippen LogP contribution >= 0.6 is 0 Å². The van der Waals surface area contributed by atoms with Crippen molar-refractivity contribution in [2.45, 2.75) is 83.8 Å². The summed E-state index contributed by atoms with van der Waals surface area (Å²) in [7, 11) is -2.96. The molecule has 0 saturated carbocycles. The van der Waals surface area contributed by atoms with Gasteiger partial charge < -0.3 is 4.74 Å². The Labute approximate surface area is 155 Å². The Hall–Kier alpha value is -1.03. The van der Waals surface area contributed by atoms with Crippen LogP contribution in [0.2, 0.25) is 0 Å². The number of aryl methyl sites for hydroxylation is 1. The first-order chi connectivity index (χ1) is 11.8. The van der Waals surface area contributed by atoms with E-state index in [1.165, 1.54) is 5.56 Å². The summed E-state index contributed by atoms with van der Waals surface area (Å²) >= 11 is 0. The van der Waals surface area contributed by atoms with Crippen molar-refractivity contribution < 1.29 is 13.2 Å². The van der Waals surface area contributed by atoms with Crippen LogP contribution in [-0.2, 0) is 16.3 Å². The Morgan fingerprint density at radius 2 is 1.48 bits per heavy atom. The Kier molecular flexibility index (Phi) is 9.55. The van der Waals surface area contributed by atoms with E-state index in [-0.39, 0.29) is 0 Å². The molecule has 1 rings (SSSR count). The Morgan fingerprint density at radius 1 is 0.880 bits per heavy atom. The highest BCUT2D eigenvalue weighted by Gasteiger charge is 2.27. The van der Waals surface area contributed by atoms with Crippen LogP contribution in [0.5, 0.6) is 5.75 Å². The number of benzene rings is 1. The van der Waals surface area contributed by atoms with E-state index in [0.29, 0.717) is 5.75 Å². The van der Waals surface area contributed by atoms with Gasteiger partial charge in [-0.05, 0) is 64.2 Å². The predicted molar refractivity (Wildman–Crippen MR) is 107 cm³/mol. The standard InChI is InChI=1S/C21H36O3S/c1-5-6-17-24-20-15-13-19(14-16-20)12-10-8-7-9-11-18-25(22,23)21(2,3)4/h13-16H,5-12,17-18H2,1-4H3. The first-order valence-electron chi connectivity index (χ1n) is 9.70. The van der Waals surface area contributed by atoms with Crippen molar-refractivity contribution in [2.24, 2.45) is 0 Å². The quantitative estimate of drug-likeness (QED) is 0.453. The third-order valence-corrected chi connectivity index (χ3v) is 7.19. The summed E-state index contributed by atoms with van der Waals surface area (Å²) in [4.78, 5) is 0. The minimum atomic E-state index is -2.96. The zero-order chi connectivity index (χ0) is 18.8. The molecule has 1 aromatic rings. The van der Waals surface area contributed by atoms with Crippen molar-refractivity contribution in [3.8, 4) is 5.75 Å². The summed E-state index contributed by atoms with van der Waals surface area (Å²) in [5.41, 5.74) is 1.35. The molecule has 0 atom stereocenters. The molecule has 0 amide bonds. The minimum Gasteiger partial charge on any atom is -0.494 e. The van der Waals surface area contributed by atoms with E-state index in [4.69, 9.17) is 4.74 Å². The highest BCUT2D eigenvalue weighted by Crippen LogP contribution is 2.19. The molecule has 25 heavy (non-hydrogen) atoms. The van der Waals surface area contributed by atoms with Gasteiger partial charge in [-0.25, -0.2) is 8.42 Å². The monoisotopic (exact) mass is 368 g/mol. The average molecular weight is 369 g/mol. The summed E-state index contributed by atoms with van der Waals surface area (Å²) in [5, 5.41) is 0. The van der Waals surface area contributed by atoms with Crippen molar-refractivity contribution in [1.29, 1.82) is 0 Å². The van der Waals surface area contributed by atoms with Gasteiger partial charge in [-0.15, -0.1) is 0 Å². The number of sulfone groups is 1. The van der Waals surface area contributed by atoms with Gasteiger partial charge in [0.05, 0.1) is 17.1 Å². The van der Waals surface area contributed by atoms with E-state index in [9.17, 15) is 8.42 Å². The van der Waals surface area contributed by atoms with Gasteiger partial charge >= 0.3 is 0 Å². The second-order valence-corrected chi connectivity index (χ2v) is 10.7. The van der Waals surface area contributed by atoms with E-state index in [0.717, 1.165) is 63.7 Å². The minimum absolute atomic E-state index is 0.315. The van der Waals surface area contributed by atoms with Crippen molar-refractivity contribution >= 4 is 9.84 Å². The molecule has 144 valence electrons. The van der Waals surface area contributed by atoms with Gasteiger partial charge in [-0.3, -0.25) is 0 Å². The van der Waals surface area contributed by atoms with Crippen LogP contribution in [0.1, 0.15) is 78.2 Å². The average Bonchev–Trinajstić information content (AvgIpc) is 2.54. The van der Waals surface area contributed by atoms with E-state index >= 15 is 0 Å². The largest absolute Gasteiger partial charge is 0.494 e. The van der Waals surface area contributed by atoms with Crippen LogP contribution < -0.4 is 4.74 Å². The van der Waals surface area contributed by atoms with Crippen LogP contribution in [0, 0.1) is 0 Å². The number of hydrogen-bond acceptors (Lipinski definition) is 3. The van der Waals surface area contributed by atoms with E-state index in [2.05, 4.69) is 31.2 Å². The van der Waals surface area contributed by atoms with Crippen molar-refractivity contribution in [2.75, 3.05) is 12.4 Å². The van der Waals surface area contributed by atoms with Gasteiger partial charge in [-0.1, -0.05) is 44.7 Å². The molecule has 0 N–H and O–H groups in total.